The second-order valence-corrected chi connectivity index (χ2v) is 10.6. The number of nitrogens with one attached hydrogen (secondary N) is 1. The maximum Gasteiger partial charge on any atom is 0.433 e. The van der Waals surface area contributed by atoms with Crippen LogP contribution < -0.4 is 11.1 Å². The molecule has 0 unspecified atom stereocenters. The highest BCUT2D eigenvalue weighted by atomic mass is 35.5. The molecule has 41 heavy (non-hydrogen) atoms. The first-order valence-electron chi connectivity index (χ1n) is 12.3. The third-order valence-corrected chi connectivity index (χ3v) is 8.24. The van der Waals surface area contributed by atoms with Gasteiger partial charge in [-0.25, -0.2) is 4.98 Å². The van der Waals surface area contributed by atoms with Crippen LogP contribution in [0.4, 0.5) is 18.9 Å². The molecule has 0 radical (unpaired) electrons. The minimum Gasteiger partial charge on any atom is -0.454 e. The fourth-order valence-corrected chi connectivity index (χ4v) is 5.66. The molecule has 0 spiro atoms. The van der Waals surface area contributed by atoms with Crippen molar-refractivity contribution in [3.05, 3.63) is 68.6 Å². The van der Waals surface area contributed by atoms with E-state index in [4.69, 9.17) is 21.8 Å². The Bertz CT molecular complexity index is 1830. The lowest BCUT2D eigenvalue weighted by Crippen LogP contribution is -2.16. The number of carbonyl (C=O) groups is 2. The van der Waals surface area contributed by atoms with E-state index in [9.17, 15) is 22.8 Å². The Kier molecular flexibility index (Phi) is 7.15. The number of nitrogens with two attached hydrogens (primary N) is 1. The van der Waals surface area contributed by atoms with Gasteiger partial charge >= 0.3 is 6.18 Å². The van der Waals surface area contributed by atoms with Gasteiger partial charge in [0.05, 0.1) is 34.8 Å². The molecule has 0 saturated carbocycles. The highest BCUT2D eigenvalue weighted by Gasteiger charge is 2.35. The molecule has 5 rings (SSSR count). The Hall–Kier alpha value is -4.17. The Labute approximate surface area is 239 Å². The molecular formula is C26H23ClF3N7O3S. The van der Waals surface area contributed by atoms with Crippen molar-refractivity contribution < 1.29 is 27.2 Å². The average molecular weight is 606 g/mol. The van der Waals surface area contributed by atoms with Gasteiger partial charge in [-0.05, 0) is 51.5 Å². The highest BCUT2D eigenvalue weighted by molar-refractivity contribution is 7.21. The molecule has 5 aromatic heterocycles. The van der Waals surface area contributed by atoms with Gasteiger partial charge in [0.2, 0.25) is 0 Å². The number of rotatable bonds is 7. The summed E-state index contributed by atoms with van der Waals surface area (Å²) in [6, 6.07) is 3.90. The second kappa shape index (κ2) is 10.3. The molecule has 2 amide bonds. The Morgan fingerprint density at radius 2 is 1.88 bits per heavy atom. The minimum atomic E-state index is -4.77. The normalized spacial score (nSPS) is 11.9. The van der Waals surface area contributed by atoms with Crippen molar-refractivity contribution in [3.8, 4) is 11.1 Å². The summed E-state index contributed by atoms with van der Waals surface area (Å²) in [5.74, 6) is -1.37. The molecule has 5 aromatic rings. The Balaban J connectivity index is 1.59. The number of aryl methyl sites for hydroxylation is 2. The average Bonchev–Trinajstić information content (AvgIpc) is 3.67. The maximum atomic E-state index is 13.8. The monoisotopic (exact) mass is 605 g/mol. The van der Waals surface area contributed by atoms with Gasteiger partial charge in [0, 0.05) is 23.2 Å². The molecular weight excluding hydrogens is 583 g/mol. The molecule has 0 bridgehead atoms. The summed E-state index contributed by atoms with van der Waals surface area (Å²) in [7, 11) is 0. The van der Waals surface area contributed by atoms with E-state index >= 15 is 0 Å². The van der Waals surface area contributed by atoms with Crippen LogP contribution in [-0.4, -0.2) is 36.4 Å². The quantitative estimate of drug-likeness (QED) is 0.235. The molecule has 15 heteroatoms. The lowest BCUT2D eigenvalue weighted by Gasteiger charge is -2.12. The molecule has 0 fully saturated rings. The minimum absolute atomic E-state index is 0.0642. The van der Waals surface area contributed by atoms with E-state index in [1.807, 2.05) is 6.92 Å². The van der Waals surface area contributed by atoms with Gasteiger partial charge < -0.3 is 15.5 Å². The van der Waals surface area contributed by atoms with Gasteiger partial charge in [-0.1, -0.05) is 11.6 Å². The molecule has 0 atom stereocenters. The number of halogens is 4. The van der Waals surface area contributed by atoms with Crippen LogP contribution in [0.5, 0.6) is 0 Å². The zero-order valence-corrected chi connectivity index (χ0v) is 23.8. The number of amides is 2. The lowest BCUT2D eigenvalue weighted by atomic mass is 10.0. The third kappa shape index (κ3) is 5.08. The lowest BCUT2D eigenvalue weighted by molar-refractivity contribution is -0.140. The van der Waals surface area contributed by atoms with Crippen molar-refractivity contribution in [1.29, 1.82) is 0 Å². The number of hydrogen-bond donors (Lipinski definition) is 2. The smallest absolute Gasteiger partial charge is 0.433 e. The van der Waals surface area contributed by atoms with Crippen LogP contribution >= 0.6 is 22.9 Å². The fourth-order valence-electron chi connectivity index (χ4n) is 4.52. The van der Waals surface area contributed by atoms with E-state index in [1.165, 1.54) is 12.3 Å². The van der Waals surface area contributed by atoms with Crippen molar-refractivity contribution in [3.63, 3.8) is 0 Å². The first-order valence-corrected chi connectivity index (χ1v) is 13.5. The van der Waals surface area contributed by atoms with Crippen LogP contribution in [0, 0.1) is 20.8 Å². The zero-order valence-electron chi connectivity index (χ0n) is 22.2. The van der Waals surface area contributed by atoms with Crippen LogP contribution in [0.2, 0.25) is 5.02 Å². The number of fused-ring (bicyclic) bond motifs is 1. The van der Waals surface area contributed by atoms with E-state index in [1.54, 1.807) is 36.2 Å². The van der Waals surface area contributed by atoms with Gasteiger partial charge in [-0.15, -0.1) is 11.3 Å². The molecule has 0 saturated heterocycles. The SMILES string of the molecule is CCn1ncc(-c2cc(C(F)(F)F)nc3sc(C(N)=O)c(NC(=O)c4ccc(Cn5nc(C)c(Cl)c5C)o4)c23)c1C. The van der Waals surface area contributed by atoms with E-state index in [-0.39, 0.29) is 38.6 Å². The summed E-state index contributed by atoms with van der Waals surface area (Å²) in [5.41, 5.74) is 6.82. The fraction of sp³-hybridized carbons (Fsp3) is 0.269. The summed E-state index contributed by atoms with van der Waals surface area (Å²) in [6.07, 6.45) is -3.33. The predicted molar refractivity (Wildman–Crippen MR) is 147 cm³/mol. The van der Waals surface area contributed by atoms with Gasteiger partial charge in [0.15, 0.2) is 5.76 Å². The molecule has 214 valence electrons. The topological polar surface area (TPSA) is 134 Å². The largest absolute Gasteiger partial charge is 0.454 e. The van der Waals surface area contributed by atoms with Crippen molar-refractivity contribution in [2.24, 2.45) is 5.73 Å². The van der Waals surface area contributed by atoms with Crippen molar-refractivity contribution in [1.82, 2.24) is 24.5 Å². The number of hydrogen-bond acceptors (Lipinski definition) is 7. The first kappa shape index (κ1) is 28.4. The molecule has 0 aliphatic heterocycles. The number of nitrogens with zero attached hydrogens (tertiary/aromatic N) is 5. The summed E-state index contributed by atoms with van der Waals surface area (Å²) < 4.78 is 50.4. The summed E-state index contributed by atoms with van der Waals surface area (Å²) >= 11 is 6.87. The van der Waals surface area contributed by atoms with Crippen molar-refractivity contribution in [2.75, 3.05) is 5.32 Å². The number of furan rings is 1. The third-order valence-electron chi connectivity index (χ3n) is 6.59. The van der Waals surface area contributed by atoms with Gasteiger partial charge in [0.1, 0.15) is 21.2 Å². The van der Waals surface area contributed by atoms with Gasteiger partial charge in [-0.3, -0.25) is 19.0 Å². The number of thiophene rings is 1. The van der Waals surface area contributed by atoms with Crippen LogP contribution in [0.25, 0.3) is 21.3 Å². The highest BCUT2D eigenvalue weighted by Crippen LogP contribution is 2.44. The number of anilines is 1. The number of aromatic nitrogens is 5. The maximum absolute atomic E-state index is 13.8. The second-order valence-electron chi connectivity index (χ2n) is 9.23. The standard InChI is InChI=1S/C26H23ClF3N7O3S/c1-5-36-12(3)16(9-32-36)15-8-18(26(28,29)30)33-25-19(15)21(22(41-25)23(31)38)34-24(39)17-7-6-14(40-17)10-37-13(4)20(27)11(2)35-37/h6-9H,5,10H2,1-4H3,(H2,31,38)(H,34,39). The Morgan fingerprint density at radius 1 is 1.15 bits per heavy atom. The Morgan fingerprint density at radius 3 is 2.46 bits per heavy atom. The summed E-state index contributed by atoms with van der Waals surface area (Å²) in [6.45, 7) is 7.81. The molecule has 0 aromatic carbocycles. The van der Waals surface area contributed by atoms with E-state index in [0.717, 1.165) is 11.8 Å². The molecule has 0 aliphatic rings. The number of alkyl halides is 3. The number of pyridine rings is 1. The van der Waals surface area contributed by atoms with Crippen LogP contribution in [0.1, 0.15) is 55.7 Å². The van der Waals surface area contributed by atoms with Crippen LogP contribution in [0.15, 0.2) is 28.8 Å². The molecule has 5 heterocycles. The van der Waals surface area contributed by atoms with Crippen LogP contribution in [-0.2, 0) is 19.3 Å². The molecule has 10 nitrogen and oxygen atoms in total. The van der Waals surface area contributed by atoms with E-state index in [0.29, 0.717) is 45.6 Å². The molecule has 0 aliphatic carbocycles. The van der Waals surface area contributed by atoms with Gasteiger partial charge in [-0.2, -0.15) is 23.4 Å². The number of carbonyl (C=O) groups excluding carboxylic acids is 2. The first-order chi connectivity index (χ1) is 19.3. The van der Waals surface area contributed by atoms with E-state index < -0.39 is 23.7 Å². The van der Waals surface area contributed by atoms with Gasteiger partial charge in [0.25, 0.3) is 11.8 Å². The number of primary amides is 1. The zero-order chi connectivity index (χ0) is 29.8. The van der Waals surface area contributed by atoms with Crippen LogP contribution in [0.3, 0.4) is 0 Å². The van der Waals surface area contributed by atoms with Crippen molar-refractivity contribution >= 4 is 50.7 Å². The summed E-state index contributed by atoms with van der Waals surface area (Å²) in [4.78, 5) is 29.2. The molecule has 3 N–H and O–H groups in total. The summed E-state index contributed by atoms with van der Waals surface area (Å²) in [5, 5.41) is 11.9. The van der Waals surface area contributed by atoms with Crippen molar-refractivity contribution in [2.45, 2.75) is 47.0 Å². The predicted octanol–water partition coefficient (Wildman–Crippen LogP) is 5.97. The van der Waals surface area contributed by atoms with E-state index in [2.05, 4.69) is 20.5 Å².